The Morgan fingerprint density at radius 1 is 1.38 bits per heavy atom. The van der Waals surface area contributed by atoms with Crippen LogP contribution in [0.5, 0.6) is 0 Å². The van der Waals surface area contributed by atoms with Crippen molar-refractivity contribution in [2.45, 2.75) is 6.54 Å². The summed E-state index contributed by atoms with van der Waals surface area (Å²) < 4.78 is 1.74. The van der Waals surface area contributed by atoms with Gasteiger partial charge in [0.2, 0.25) is 0 Å². The number of benzene rings is 1. The lowest BCUT2D eigenvalue weighted by molar-refractivity contribution is 0.687. The first-order valence-corrected chi connectivity index (χ1v) is 4.98. The monoisotopic (exact) mass is 233 g/mol. The molecule has 1 heterocycles. The summed E-state index contributed by atoms with van der Waals surface area (Å²) in [6.45, 7) is 0.642. The number of hydrogen-bond donors (Lipinski definition) is 0. The van der Waals surface area contributed by atoms with E-state index in [-0.39, 0.29) is 0 Å². The van der Waals surface area contributed by atoms with Crippen molar-refractivity contribution in [1.29, 1.82) is 0 Å². The fourth-order valence-corrected chi connectivity index (χ4v) is 1.49. The van der Waals surface area contributed by atoms with Crippen molar-refractivity contribution in [3.05, 3.63) is 57.7 Å². The molecule has 0 spiro atoms. The second-order valence-electron chi connectivity index (χ2n) is 3.21. The molecular formula is C10H8ClN5. The summed E-state index contributed by atoms with van der Waals surface area (Å²) >= 11 is 5.75. The lowest BCUT2D eigenvalue weighted by Crippen LogP contribution is -1.99. The summed E-state index contributed by atoms with van der Waals surface area (Å²) in [5.74, 6) is 0. The molecule has 0 aliphatic carbocycles. The van der Waals surface area contributed by atoms with E-state index >= 15 is 0 Å². The first-order valence-electron chi connectivity index (χ1n) is 4.60. The van der Waals surface area contributed by atoms with Gasteiger partial charge in [0.15, 0.2) is 0 Å². The Hall–Kier alpha value is -1.97. The fraction of sp³-hybridized carbons (Fsp3) is 0.100. The summed E-state index contributed by atoms with van der Waals surface area (Å²) in [7, 11) is 0. The molecule has 0 saturated heterocycles. The third kappa shape index (κ3) is 2.53. The normalized spacial score (nSPS) is 9.81. The van der Waals surface area contributed by atoms with Gasteiger partial charge in [0.25, 0.3) is 0 Å². The molecule has 0 bridgehead atoms. The van der Waals surface area contributed by atoms with Gasteiger partial charge in [0.05, 0.1) is 17.8 Å². The maximum Gasteiger partial charge on any atom is 0.0785 e. The van der Waals surface area contributed by atoms with E-state index in [9.17, 15) is 0 Å². The Morgan fingerprint density at radius 2 is 2.12 bits per heavy atom. The largest absolute Gasteiger partial charge is 0.267 e. The lowest BCUT2D eigenvalue weighted by Gasteiger charge is -2.01. The van der Waals surface area contributed by atoms with Crippen LogP contribution in [0.15, 0.2) is 41.8 Å². The minimum absolute atomic E-state index is 0.602. The Labute approximate surface area is 96.9 Å². The topological polar surface area (TPSA) is 66.6 Å². The van der Waals surface area contributed by atoms with Crippen molar-refractivity contribution in [3.63, 3.8) is 0 Å². The van der Waals surface area contributed by atoms with Gasteiger partial charge in [0, 0.05) is 16.8 Å². The van der Waals surface area contributed by atoms with E-state index in [0.717, 1.165) is 5.56 Å². The molecule has 0 fully saturated rings. The molecule has 80 valence electrons. The predicted octanol–water partition coefficient (Wildman–Crippen LogP) is 3.53. The van der Waals surface area contributed by atoms with Gasteiger partial charge < -0.3 is 0 Å². The van der Waals surface area contributed by atoms with Gasteiger partial charge in [-0.2, -0.15) is 5.10 Å². The number of halogens is 1. The van der Waals surface area contributed by atoms with E-state index in [2.05, 4.69) is 15.1 Å². The van der Waals surface area contributed by atoms with Gasteiger partial charge >= 0.3 is 0 Å². The van der Waals surface area contributed by atoms with Crippen molar-refractivity contribution >= 4 is 17.3 Å². The van der Waals surface area contributed by atoms with E-state index in [1.165, 1.54) is 0 Å². The van der Waals surface area contributed by atoms with Crippen LogP contribution in [-0.2, 0) is 6.54 Å². The Kier molecular flexibility index (Phi) is 3.10. The molecule has 2 rings (SSSR count). The van der Waals surface area contributed by atoms with Crippen LogP contribution < -0.4 is 0 Å². The van der Waals surface area contributed by atoms with E-state index < -0.39 is 0 Å². The maximum absolute atomic E-state index is 8.26. The third-order valence-electron chi connectivity index (χ3n) is 2.04. The highest BCUT2D eigenvalue weighted by molar-refractivity contribution is 6.30. The molecule has 16 heavy (non-hydrogen) atoms. The minimum atomic E-state index is 0.602. The van der Waals surface area contributed by atoms with Crippen molar-refractivity contribution in [2.24, 2.45) is 5.11 Å². The zero-order chi connectivity index (χ0) is 11.4. The highest BCUT2D eigenvalue weighted by Crippen LogP contribution is 2.14. The van der Waals surface area contributed by atoms with Gasteiger partial charge in [0.1, 0.15) is 0 Å². The zero-order valence-corrected chi connectivity index (χ0v) is 9.04. The van der Waals surface area contributed by atoms with Gasteiger partial charge in [-0.3, -0.25) is 4.68 Å². The molecule has 0 N–H and O–H groups in total. The highest BCUT2D eigenvalue weighted by Gasteiger charge is 1.97. The first kappa shape index (κ1) is 10.5. The molecule has 1 aromatic carbocycles. The number of hydrogen-bond acceptors (Lipinski definition) is 2. The summed E-state index contributed by atoms with van der Waals surface area (Å²) in [6.07, 6.45) is 3.35. The Bertz CT molecular complexity index is 524. The van der Waals surface area contributed by atoms with Crippen LogP contribution in [-0.4, -0.2) is 9.78 Å². The molecule has 1 aromatic heterocycles. The zero-order valence-electron chi connectivity index (χ0n) is 8.29. The first-order chi connectivity index (χ1) is 7.78. The van der Waals surface area contributed by atoms with Gasteiger partial charge in [-0.15, -0.1) is 0 Å². The van der Waals surface area contributed by atoms with Crippen LogP contribution in [0.1, 0.15) is 5.56 Å². The summed E-state index contributed by atoms with van der Waals surface area (Å²) in [5, 5.41) is 8.18. The van der Waals surface area contributed by atoms with Crippen LogP contribution in [0.25, 0.3) is 10.4 Å². The number of nitrogens with zero attached hydrogens (tertiary/aromatic N) is 5. The van der Waals surface area contributed by atoms with Gasteiger partial charge in [-0.25, -0.2) is 0 Å². The molecular weight excluding hydrogens is 226 g/mol. The highest BCUT2D eigenvalue weighted by atomic mass is 35.5. The van der Waals surface area contributed by atoms with Gasteiger partial charge in [-0.05, 0) is 11.1 Å². The van der Waals surface area contributed by atoms with Crippen LogP contribution in [0.4, 0.5) is 5.69 Å². The molecule has 6 heteroatoms. The van der Waals surface area contributed by atoms with Crippen molar-refractivity contribution in [2.75, 3.05) is 0 Å². The second-order valence-corrected chi connectivity index (χ2v) is 3.65. The quantitative estimate of drug-likeness (QED) is 0.454. The van der Waals surface area contributed by atoms with Crippen LogP contribution in [0, 0.1) is 0 Å². The number of rotatable bonds is 3. The SMILES string of the molecule is [N-]=[N+]=Nc1ccc(Cn2cc(Cl)cn2)cc1. The van der Waals surface area contributed by atoms with Crippen molar-refractivity contribution in [1.82, 2.24) is 9.78 Å². The third-order valence-corrected chi connectivity index (χ3v) is 2.24. The standard InChI is InChI=1S/C10H8ClN5/c11-9-5-13-16(7-9)6-8-1-3-10(4-2-8)14-15-12/h1-5,7H,6H2. The van der Waals surface area contributed by atoms with Crippen LogP contribution in [0.2, 0.25) is 5.02 Å². The average Bonchev–Trinajstić information content (AvgIpc) is 2.67. The summed E-state index contributed by atoms with van der Waals surface area (Å²) in [4.78, 5) is 2.71. The van der Waals surface area contributed by atoms with Crippen molar-refractivity contribution < 1.29 is 0 Å². The second kappa shape index (κ2) is 4.70. The molecule has 0 atom stereocenters. The molecule has 0 radical (unpaired) electrons. The predicted molar refractivity (Wildman–Crippen MR) is 61.6 cm³/mol. The maximum atomic E-state index is 8.26. The lowest BCUT2D eigenvalue weighted by atomic mass is 10.2. The van der Waals surface area contributed by atoms with E-state index in [4.69, 9.17) is 17.1 Å². The van der Waals surface area contributed by atoms with E-state index in [0.29, 0.717) is 17.3 Å². The molecule has 0 amide bonds. The summed E-state index contributed by atoms with van der Waals surface area (Å²) in [6, 6.07) is 7.31. The molecule has 0 unspecified atom stereocenters. The van der Waals surface area contributed by atoms with Crippen molar-refractivity contribution in [3.8, 4) is 0 Å². The molecule has 0 aliphatic rings. The molecule has 5 nitrogen and oxygen atoms in total. The number of aromatic nitrogens is 2. The molecule has 0 aliphatic heterocycles. The van der Waals surface area contributed by atoms with E-state index in [1.807, 2.05) is 12.1 Å². The summed E-state index contributed by atoms with van der Waals surface area (Å²) in [5.41, 5.74) is 9.92. The van der Waals surface area contributed by atoms with E-state index in [1.54, 1.807) is 29.2 Å². The number of azide groups is 1. The van der Waals surface area contributed by atoms with Crippen LogP contribution >= 0.6 is 11.6 Å². The van der Waals surface area contributed by atoms with Gasteiger partial charge in [-0.1, -0.05) is 41.0 Å². The molecule has 2 aromatic rings. The molecule has 0 saturated carbocycles. The smallest absolute Gasteiger partial charge is 0.0785 e. The van der Waals surface area contributed by atoms with Crippen LogP contribution in [0.3, 0.4) is 0 Å². The average molecular weight is 234 g/mol. The Morgan fingerprint density at radius 3 is 2.69 bits per heavy atom. The fourth-order valence-electron chi connectivity index (χ4n) is 1.33. The Balaban J connectivity index is 2.13. The minimum Gasteiger partial charge on any atom is -0.267 e.